The predicted molar refractivity (Wildman–Crippen MR) is 146 cm³/mol. The summed E-state index contributed by atoms with van der Waals surface area (Å²) in [5, 5.41) is 10.0. The van der Waals surface area contributed by atoms with Gasteiger partial charge in [0.1, 0.15) is 23.2 Å². The Balaban J connectivity index is 1.57. The predicted octanol–water partition coefficient (Wildman–Crippen LogP) is 4.04. The van der Waals surface area contributed by atoms with Gasteiger partial charge < -0.3 is 9.15 Å². The SMILES string of the molecule is CCOC(=O)c1ccc(-c2ccc(C=C3C(=O)N(C4CCS(=O)(=O)C4)C(=O)C(C#N)=C3c3ccccc3)o2)cc1. The molecule has 10 heteroatoms. The number of nitrogens with zero attached hydrogens (tertiary/aromatic N) is 2. The monoisotopic (exact) mass is 556 g/mol. The van der Waals surface area contributed by atoms with Crippen molar-refractivity contribution in [1.82, 2.24) is 4.90 Å². The Morgan fingerprint density at radius 1 is 1.05 bits per heavy atom. The van der Waals surface area contributed by atoms with Crippen LogP contribution in [0.1, 0.15) is 35.0 Å². The molecular formula is C30H24N2O7S. The number of hydrogen-bond donors (Lipinski definition) is 0. The molecule has 202 valence electrons. The van der Waals surface area contributed by atoms with E-state index in [9.17, 15) is 28.1 Å². The molecule has 2 aromatic carbocycles. The van der Waals surface area contributed by atoms with E-state index in [2.05, 4.69) is 0 Å². The van der Waals surface area contributed by atoms with Crippen LogP contribution < -0.4 is 0 Å². The molecule has 5 rings (SSSR count). The fraction of sp³-hybridized carbons (Fsp3) is 0.200. The highest BCUT2D eigenvalue weighted by Crippen LogP contribution is 2.37. The van der Waals surface area contributed by atoms with E-state index >= 15 is 0 Å². The molecule has 2 aliphatic heterocycles. The molecule has 0 spiro atoms. The van der Waals surface area contributed by atoms with Crippen LogP contribution in [0.15, 0.2) is 82.3 Å². The largest absolute Gasteiger partial charge is 0.462 e. The van der Waals surface area contributed by atoms with E-state index in [1.54, 1.807) is 73.7 Å². The third-order valence-electron chi connectivity index (χ3n) is 6.74. The summed E-state index contributed by atoms with van der Waals surface area (Å²) in [4.78, 5) is 40.1. The van der Waals surface area contributed by atoms with Crippen LogP contribution in [0.5, 0.6) is 0 Å². The second-order valence-electron chi connectivity index (χ2n) is 9.32. The molecule has 0 radical (unpaired) electrons. The van der Waals surface area contributed by atoms with E-state index in [1.807, 2.05) is 6.07 Å². The number of carbonyl (C=O) groups is 3. The van der Waals surface area contributed by atoms with Crippen LogP contribution in [0, 0.1) is 11.3 Å². The average molecular weight is 557 g/mol. The lowest BCUT2D eigenvalue weighted by molar-refractivity contribution is -0.142. The Bertz CT molecular complexity index is 1710. The van der Waals surface area contributed by atoms with Crippen molar-refractivity contribution in [2.75, 3.05) is 18.1 Å². The van der Waals surface area contributed by atoms with Crippen LogP contribution in [-0.4, -0.2) is 55.3 Å². The van der Waals surface area contributed by atoms with Gasteiger partial charge in [-0.15, -0.1) is 0 Å². The van der Waals surface area contributed by atoms with Crippen molar-refractivity contribution in [3.63, 3.8) is 0 Å². The van der Waals surface area contributed by atoms with Gasteiger partial charge in [-0.2, -0.15) is 5.26 Å². The van der Waals surface area contributed by atoms with E-state index in [0.29, 0.717) is 22.5 Å². The number of imide groups is 1. The first-order valence-corrected chi connectivity index (χ1v) is 14.4. The second kappa shape index (κ2) is 10.8. The van der Waals surface area contributed by atoms with E-state index in [0.717, 1.165) is 4.90 Å². The fourth-order valence-electron chi connectivity index (χ4n) is 4.86. The highest BCUT2D eigenvalue weighted by molar-refractivity contribution is 7.91. The van der Waals surface area contributed by atoms with Gasteiger partial charge in [0, 0.05) is 11.1 Å². The summed E-state index contributed by atoms with van der Waals surface area (Å²) in [5.74, 6) is -1.67. The van der Waals surface area contributed by atoms with Crippen molar-refractivity contribution in [2.45, 2.75) is 19.4 Å². The molecular weight excluding hydrogens is 532 g/mol. The number of sulfone groups is 1. The maximum absolute atomic E-state index is 13.8. The minimum Gasteiger partial charge on any atom is -0.462 e. The molecule has 1 unspecified atom stereocenters. The van der Waals surface area contributed by atoms with Crippen LogP contribution in [0.2, 0.25) is 0 Å². The highest BCUT2D eigenvalue weighted by atomic mass is 32.2. The zero-order valence-corrected chi connectivity index (χ0v) is 22.3. The number of amides is 2. The molecule has 0 aliphatic carbocycles. The lowest BCUT2D eigenvalue weighted by Gasteiger charge is -2.32. The van der Waals surface area contributed by atoms with Crippen LogP contribution in [-0.2, 0) is 24.2 Å². The van der Waals surface area contributed by atoms with Crippen molar-refractivity contribution in [2.24, 2.45) is 0 Å². The molecule has 2 amide bonds. The summed E-state index contributed by atoms with van der Waals surface area (Å²) in [5.41, 5.74) is 1.52. The Morgan fingerprint density at radius 2 is 1.77 bits per heavy atom. The second-order valence-corrected chi connectivity index (χ2v) is 11.6. The van der Waals surface area contributed by atoms with Gasteiger partial charge in [0.2, 0.25) is 0 Å². The Hall–Kier alpha value is -4.75. The Kier molecular flexibility index (Phi) is 7.24. The molecule has 3 aromatic rings. The van der Waals surface area contributed by atoms with Gasteiger partial charge in [0.25, 0.3) is 11.8 Å². The molecule has 3 heterocycles. The van der Waals surface area contributed by atoms with Crippen molar-refractivity contribution >= 4 is 39.3 Å². The standard InChI is InChI=1S/C30H24N2O7S/c1-2-38-30(35)21-10-8-19(9-11-21)26-13-12-23(39-26)16-24-27(20-6-4-3-5-7-20)25(17-31)29(34)32(28(24)33)22-14-15-40(36,37)18-22/h3-13,16,22H,2,14-15,18H2,1H3. The molecule has 9 nitrogen and oxygen atoms in total. The normalized spacial score (nSPS) is 19.6. The molecule has 0 saturated carbocycles. The first-order valence-electron chi connectivity index (χ1n) is 12.6. The maximum Gasteiger partial charge on any atom is 0.338 e. The summed E-state index contributed by atoms with van der Waals surface area (Å²) < 4.78 is 35.3. The number of furan rings is 1. The van der Waals surface area contributed by atoms with Crippen molar-refractivity contribution in [3.05, 3.63) is 94.8 Å². The van der Waals surface area contributed by atoms with Crippen LogP contribution in [0.25, 0.3) is 23.0 Å². The van der Waals surface area contributed by atoms with E-state index in [-0.39, 0.29) is 47.0 Å². The first kappa shape index (κ1) is 26.8. The van der Waals surface area contributed by atoms with Crippen molar-refractivity contribution < 1.29 is 32.0 Å². The van der Waals surface area contributed by atoms with Crippen LogP contribution in [0.3, 0.4) is 0 Å². The Labute approximate surface area is 230 Å². The van der Waals surface area contributed by atoms with Crippen LogP contribution in [0.4, 0.5) is 0 Å². The van der Waals surface area contributed by atoms with Crippen LogP contribution >= 0.6 is 0 Å². The quantitative estimate of drug-likeness (QED) is 0.252. The number of hydrogen-bond acceptors (Lipinski definition) is 8. The summed E-state index contributed by atoms with van der Waals surface area (Å²) >= 11 is 0. The molecule has 2 aliphatic rings. The molecule has 1 saturated heterocycles. The third kappa shape index (κ3) is 5.11. The number of benzene rings is 2. The van der Waals surface area contributed by atoms with E-state index in [4.69, 9.17) is 9.15 Å². The van der Waals surface area contributed by atoms with Gasteiger partial charge in [0.15, 0.2) is 9.84 Å². The topological polar surface area (TPSA) is 135 Å². The summed E-state index contributed by atoms with van der Waals surface area (Å²) in [6, 6.07) is 19.7. The molecule has 1 atom stereocenters. The highest BCUT2D eigenvalue weighted by Gasteiger charge is 2.45. The number of nitriles is 1. The van der Waals surface area contributed by atoms with Gasteiger partial charge >= 0.3 is 5.97 Å². The number of carbonyl (C=O) groups excluding carboxylic acids is 3. The van der Waals surface area contributed by atoms with Gasteiger partial charge in [0.05, 0.1) is 35.3 Å². The number of ether oxygens (including phenoxy) is 1. The maximum atomic E-state index is 13.8. The smallest absolute Gasteiger partial charge is 0.338 e. The third-order valence-corrected chi connectivity index (χ3v) is 8.49. The molecule has 1 aromatic heterocycles. The van der Waals surface area contributed by atoms with Crippen molar-refractivity contribution in [3.8, 4) is 17.4 Å². The zero-order chi connectivity index (χ0) is 28.4. The van der Waals surface area contributed by atoms with Gasteiger partial charge in [-0.25, -0.2) is 13.2 Å². The summed E-state index contributed by atoms with van der Waals surface area (Å²) in [6.45, 7) is 1.99. The fourth-order valence-corrected chi connectivity index (χ4v) is 6.56. The molecule has 0 bridgehead atoms. The van der Waals surface area contributed by atoms with Gasteiger partial charge in [-0.05, 0) is 49.2 Å². The number of rotatable bonds is 6. The zero-order valence-electron chi connectivity index (χ0n) is 21.5. The lowest BCUT2D eigenvalue weighted by Crippen LogP contribution is -2.49. The lowest BCUT2D eigenvalue weighted by atomic mass is 9.87. The van der Waals surface area contributed by atoms with Gasteiger partial charge in [-0.1, -0.05) is 42.5 Å². The van der Waals surface area contributed by atoms with E-state index < -0.39 is 33.7 Å². The minimum absolute atomic E-state index is 0.0465. The molecule has 1 fully saturated rings. The summed E-state index contributed by atoms with van der Waals surface area (Å²) in [7, 11) is -3.41. The average Bonchev–Trinajstić information content (AvgIpc) is 3.56. The molecule has 0 N–H and O–H groups in total. The Morgan fingerprint density at radius 3 is 2.40 bits per heavy atom. The summed E-state index contributed by atoms with van der Waals surface area (Å²) in [6.07, 6.45) is 1.57. The van der Waals surface area contributed by atoms with Crippen molar-refractivity contribution in [1.29, 1.82) is 5.26 Å². The van der Waals surface area contributed by atoms with Gasteiger partial charge in [-0.3, -0.25) is 14.5 Å². The first-order chi connectivity index (χ1) is 19.2. The van der Waals surface area contributed by atoms with E-state index in [1.165, 1.54) is 6.08 Å². The minimum atomic E-state index is -3.41. The molecule has 40 heavy (non-hydrogen) atoms. The number of esters is 1.